The number of nitriles is 1. The number of anilines is 2. The third-order valence-electron chi connectivity index (χ3n) is 7.65. The molecule has 3 aliphatic rings. The smallest absolute Gasteiger partial charge is 0.242 e. The van der Waals surface area contributed by atoms with Gasteiger partial charge in [-0.25, -0.2) is 0 Å². The first-order chi connectivity index (χ1) is 17.2. The van der Waals surface area contributed by atoms with Gasteiger partial charge in [0.05, 0.1) is 21.6 Å². The van der Waals surface area contributed by atoms with E-state index in [0.717, 1.165) is 56.6 Å². The minimum atomic E-state index is -0.108. The summed E-state index contributed by atoms with van der Waals surface area (Å²) in [4.78, 5) is 4.86. The average molecular weight is 490 g/mol. The van der Waals surface area contributed by atoms with Crippen LogP contribution >= 0.6 is 11.6 Å². The molecule has 3 aliphatic heterocycles. The Morgan fingerprint density at radius 1 is 0.971 bits per heavy atom. The number of halogens is 1. The van der Waals surface area contributed by atoms with Gasteiger partial charge in [0.1, 0.15) is 18.6 Å². The summed E-state index contributed by atoms with van der Waals surface area (Å²) in [5, 5.41) is 17.9. The number of nitrogens with one attached hydrogen (secondary N) is 1. The van der Waals surface area contributed by atoms with Gasteiger partial charge in [-0.15, -0.1) is 0 Å². The van der Waals surface area contributed by atoms with E-state index in [1.54, 1.807) is 12.5 Å². The van der Waals surface area contributed by atoms with Crippen molar-refractivity contribution in [2.45, 2.75) is 37.9 Å². The van der Waals surface area contributed by atoms with Gasteiger partial charge >= 0.3 is 0 Å². The normalized spacial score (nSPS) is 21.2. The highest BCUT2D eigenvalue weighted by atomic mass is 35.5. The number of nitrogens with zero attached hydrogens (tertiary/aromatic N) is 4. The Hall–Kier alpha value is -3.37. The Morgan fingerprint density at radius 2 is 1.74 bits per heavy atom. The molecule has 7 nitrogen and oxygen atoms in total. The monoisotopic (exact) mass is 489 g/mol. The van der Waals surface area contributed by atoms with E-state index in [9.17, 15) is 5.26 Å². The summed E-state index contributed by atoms with van der Waals surface area (Å²) < 4.78 is 11.1. The maximum Gasteiger partial charge on any atom is 0.242 e. The number of piperidine rings is 2. The van der Waals surface area contributed by atoms with Crippen LogP contribution in [0.3, 0.4) is 0 Å². The average Bonchev–Trinajstić information content (AvgIpc) is 3.60. The first-order valence-electron chi connectivity index (χ1n) is 12.3. The number of aromatic amines is 1. The highest BCUT2D eigenvalue weighted by Crippen LogP contribution is 2.37. The lowest BCUT2D eigenvalue weighted by Gasteiger charge is -2.36. The molecule has 1 atom stereocenters. The highest BCUT2D eigenvalue weighted by molar-refractivity contribution is 6.36. The molecular formula is C27H28ClN5O2. The van der Waals surface area contributed by atoms with Gasteiger partial charge in [-0.05, 0) is 55.5 Å². The first-order valence-corrected chi connectivity index (χ1v) is 12.7. The minimum Gasteiger partial charge on any atom is -0.459 e. The van der Waals surface area contributed by atoms with Crippen molar-refractivity contribution in [2.75, 3.05) is 36.0 Å². The largest absolute Gasteiger partial charge is 0.459 e. The fourth-order valence-electron chi connectivity index (χ4n) is 5.75. The summed E-state index contributed by atoms with van der Waals surface area (Å²) in [6, 6.07) is 15.2. The van der Waals surface area contributed by atoms with Gasteiger partial charge in [-0.3, -0.25) is 5.10 Å². The van der Waals surface area contributed by atoms with Crippen LogP contribution in [0.25, 0.3) is 10.9 Å². The summed E-state index contributed by atoms with van der Waals surface area (Å²) in [5.74, 6) is 0.906. The molecule has 6 rings (SSSR count). The molecular weight excluding hydrogens is 462 g/mol. The molecule has 4 heterocycles. The molecule has 0 bridgehead atoms. The summed E-state index contributed by atoms with van der Waals surface area (Å²) in [6.07, 6.45) is 7.62. The molecule has 180 valence electrons. The van der Waals surface area contributed by atoms with E-state index in [-0.39, 0.29) is 6.29 Å². The van der Waals surface area contributed by atoms with Crippen LogP contribution in [0.2, 0.25) is 5.02 Å². The van der Waals surface area contributed by atoms with E-state index >= 15 is 0 Å². The summed E-state index contributed by atoms with van der Waals surface area (Å²) in [5.41, 5.74) is 4.91. The second kappa shape index (κ2) is 9.35. The predicted molar refractivity (Wildman–Crippen MR) is 136 cm³/mol. The maximum absolute atomic E-state index is 9.40. The summed E-state index contributed by atoms with van der Waals surface area (Å²) in [6.45, 7) is 3.95. The standard InChI is InChI=1S/C27H28ClN5O2/c28-22-7-8-24(26-25(22)23(16-29)30-31-26)33-11-1-2-20(17-33)18-3-5-21(6-4-18)32-12-9-19(10-13-32)27-34-14-15-35-27/h3-8,14-15,19-20,27H,1-2,9-13,17H2,(H,30,31)/t20-/m1/s1. The number of rotatable bonds is 4. The summed E-state index contributed by atoms with van der Waals surface area (Å²) in [7, 11) is 0. The van der Waals surface area contributed by atoms with Crippen LogP contribution in [-0.4, -0.2) is 42.7 Å². The molecule has 35 heavy (non-hydrogen) atoms. The molecule has 2 aromatic carbocycles. The Labute approximate surface area is 209 Å². The molecule has 0 amide bonds. The van der Waals surface area contributed by atoms with Gasteiger partial charge in [0.15, 0.2) is 5.69 Å². The Balaban J connectivity index is 1.14. The van der Waals surface area contributed by atoms with Crippen LogP contribution in [-0.2, 0) is 9.47 Å². The Kier molecular flexibility index (Phi) is 5.91. The zero-order valence-electron chi connectivity index (χ0n) is 19.5. The zero-order chi connectivity index (χ0) is 23.8. The lowest BCUT2D eigenvalue weighted by Crippen LogP contribution is -2.38. The number of hydrogen-bond acceptors (Lipinski definition) is 6. The van der Waals surface area contributed by atoms with Crippen molar-refractivity contribution in [2.24, 2.45) is 5.92 Å². The SMILES string of the molecule is N#Cc1n[nH]c2c(N3CCC[C@@H](c4ccc(N5CCC(C6OC=CO6)CC5)cc4)C3)ccc(Cl)c12. The third kappa shape index (κ3) is 4.17. The topological polar surface area (TPSA) is 77.4 Å². The van der Waals surface area contributed by atoms with Gasteiger partial charge in [0.25, 0.3) is 0 Å². The second-order valence-electron chi connectivity index (χ2n) is 9.61. The van der Waals surface area contributed by atoms with Crippen molar-refractivity contribution < 1.29 is 9.47 Å². The molecule has 1 N–H and O–H groups in total. The lowest BCUT2D eigenvalue weighted by atomic mass is 9.89. The number of H-pyrrole nitrogens is 1. The van der Waals surface area contributed by atoms with E-state index in [0.29, 0.717) is 27.9 Å². The molecule has 0 unspecified atom stereocenters. The number of benzene rings is 2. The molecule has 0 spiro atoms. The Bertz CT molecular complexity index is 1270. The van der Waals surface area contributed by atoms with Crippen LogP contribution in [0.4, 0.5) is 11.4 Å². The lowest BCUT2D eigenvalue weighted by molar-refractivity contribution is -0.0728. The van der Waals surface area contributed by atoms with Gasteiger partial charge in [0.2, 0.25) is 6.29 Å². The van der Waals surface area contributed by atoms with Gasteiger partial charge in [-0.2, -0.15) is 10.4 Å². The third-order valence-corrected chi connectivity index (χ3v) is 7.97. The predicted octanol–water partition coefficient (Wildman–Crippen LogP) is 5.53. The number of fused-ring (bicyclic) bond motifs is 1. The fraction of sp³-hybridized carbons (Fsp3) is 0.407. The summed E-state index contributed by atoms with van der Waals surface area (Å²) >= 11 is 6.39. The van der Waals surface area contributed by atoms with Crippen LogP contribution in [0.1, 0.15) is 42.9 Å². The number of aromatic nitrogens is 2. The molecule has 0 saturated carbocycles. The quantitative estimate of drug-likeness (QED) is 0.519. The molecule has 8 heteroatoms. The van der Waals surface area contributed by atoms with E-state index in [1.807, 2.05) is 12.1 Å². The van der Waals surface area contributed by atoms with Gasteiger partial charge in [0, 0.05) is 43.7 Å². The van der Waals surface area contributed by atoms with E-state index in [4.69, 9.17) is 21.1 Å². The van der Waals surface area contributed by atoms with Gasteiger partial charge in [-0.1, -0.05) is 23.7 Å². The van der Waals surface area contributed by atoms with E-state index in [2.05, 4.69) is 50.3 Å². The van der Waals surface area contributed by atoms with Crippen molar-refractivity contribution in [3.05, 3.63) is 65.2 Å². The van der Waals surface area contributed by atoms with Crippen LogP contribution < -0.4 is 9.80 Å². The highest BCUT2D eigenvalue weighted by Gasteiger charge is 2.30. The second-order valence-corrected chi connectivity index (χ2v) is 10.0. The van der Waals surface area contributed by atoms with E-state index < -0.39 is 0 Å². The molecule has 2 fully saturated rings. The Morgan fingerprint density at radius 3 is 2.49 bits per heavy atom. The van der Waals surface area contributed by atoms with Crippen molar-refractivity contribution >= 4 is 33.9 Å². The molecule has 0 aliphatic carbocycles. The van der Waals surface area contributed by atoms with Crippen LogP contribution in [0.15, 0.2) is 48.9 Å². The number of ether oxygens (including phenoxy) is 2. The van der Waals surface area contributed by atoms with Gasteiger partial charge < -0.3 is 19.3 Å². The molecule has 3 aromatic rings. The van der Waals surface area contributed by atoms with Crippen LogP contribution in [0.5, 0.6) is 0 Å². The minimum absolute atomic E-state index is 0.108. The molecule has 2 saturated heterocycles. The van der Waals surface area contributed by atoms with Crippen molar-refractivity contribution in [1.82, 2.24) is 10.2 Å². The molecule has 1 aromatic heterocycles. The van der Waals surface area contributed by atoms with Crippen molar-refractivity contribution in [1.29, 1.82) is 5.26 Å². The van der Waals surface area contributed by atoms with Crippen molar-refractivity contribution in [3.8, 4) is 6.07 Å². The fourth-order valence-corrected chi connectivity index (χ4v) is 6.00. The van der Waals surface area contributed by atoms with Crippen molar-refractivity contribution in [3.63, 3.8) is 0 Å². The van der Waals surface area contributed by atoms with Crippen LogP contribution in [0, 0.1) is 17.2 Å². The maximum atomic E-state index is 9.40. The number of hydrogen-bond donors (Lipinski definition) is 1. The molecule has 0 radical (unpaired) electrons. The van der Waals surface area contributed by atoms with E-state index in [1.165, 1.54) is 17.7 Å². The first kappa shape index (κ1) is 22.1. The zero-order valence-corrected chi connectivity index (χ0v) is 20.2.